The second-order valence-electron chi connectivity index (χ2n) is 4.73. The van der Waals surface area contributed by atoms with Crippen molar-refractivity contribution in [1.29, 1.82) is 0 Å². The van der Waals surface area contributed by atoms with Crippen molar-refractivity contribution in [3.05, 3.63) is 48.5 Å². The lowest BCUT2D eigenvalue weighted by Gasteiger charge is -2.10. The van der Waals surface area contributed by atoms with Gasteiger partial charge in [-0.1, -0.05) is 12.1 Å². The number of imidazole rings is 1. The van der Waals surface area contributed by atoms with Crippen LogP contribution in [0.2, 0.25) is 0 Å². The van der Waals surface area contributed by atoms with Crippen LogP contribution in [0.1, 0.15) is 10.4 Å². The fourth-order valence-corrected chi connectivity index (χ4v) is 1.93. The number of hydrogen-bond donors (Lipinski definition) is 1. The van der Waals surface area contributed by atoms with Gasteiger partial charge in [0, 0.05) is 37.6 Å². The molecule has 0 bridgehead atoms. The molecular formula is C14H14N6O. The van der Waals surface area contributed by atoms with Gasteiger partial charge in [-0.3, -0.25) is 14.5 Å². The van der Waals surface area contributed by atoms with E-state index in [1.807, 2.05) is 12.1 Å². The van der Waals surface area contributed by atoms with Crippen molar-refractivity contribution in [1.82, 2.24) is 29.6 Å². The van der Waals surface area contributed by atoms with Crippen LogP contribution in [0.5, 0.6) is 0 Å². The summed E-state index contributed by atoms with van der Waals surface area (Å²) >= 11 is 0. The largest absolute Gasteiger partial charge is 0.345 e. The van der Waals surface area contributed by atoms with E-state index >= 15 is 0 Å². The van der Waals surface area contributed by atoms with Crippen molar-refractivity contribution in [3.63, 3.8) is 0 Å². The highest BCUT2D eigenvalue weighted by Crippen LogP contribution is 2.18. The summed E-state index contributed by atoms with van der Waals surface area (Å²) in [7, 11) is 3.45. The third-order valence-electron chi connectivity index (χ3n) is 3.00. The van der Waals surface area contributed by atoms with Gasteiger partial charge in [-0.15, -0.1) is 5.10 Å². The molecule has 0 aliphatic rings. The Kier molecular flexibility index (Phi) is 3.23. The molecule has 0 atom stereocenters. The Morgan fingerprint density at radius 2 is 2.19 bits per heavy atom. The van der Waals surface area contributed by atoms with Crippen molar-refractivity contribution in [2.75, 3.05) is 14.1 Å². The molecule has 2 aromatic heterocycles. The van der Waals surface area contributed by atoms with Gasteiger partial charge in [-0.25, -0.2) is 4.98 Å². The minimum atomic E-state index is -0.0498. The van der Waals surface area contributed by atoms with Crippen molar-refractivity contribution >= 4 is 5.91 Å². The quantitative estimate of drug-likeness (QED) is 0.786. The lowest BCUT2D eigenvalue weighted by Crippen LogP contribution is -2.21. The van der Waals surface area contributed by atoms with Crippen molar-refractivity contribution in [2.45, 2.75) is 0 Å². The number of aromatic nitrogens is 5. The first-order valence-corrected chi connectivity index (χ1v) is 6.38. The number of benzene rings is 1. The highest BCUT2D eigenvalue weighted by Gasteiger charge is 2.11. The van der Waals surface area contributed by atoms with Gasteiger partial charge >= 0.3 is 0 Å². The summed E-state index contributed by atoms with van der Waals surface area (Å²) in [4.78, 5) is 21.9. The summed E-state index contributed by atoms with van der Waals surface area (Å²) in [5.41, 5.74) is 1.42. The van der Waals surface area contributed by atoms with Crippen LogP contribution >= 0.6 is 0 Å². The number of carbonyl (C=O) groups excluding carboxylic acids is 1. The minimum Gasteiger partial charge on any atom is -0.345 e. The molecule has 7 heteroatoms. The maximum absolute atomic E-state index is 12.0. The lowest BCUT2D eigenvalue weighted by atomic mass is 10.1. The van der Waals surface area contributed by atoms with Crippen LogP contribution in [-0.2, 0) is 0 Å². The van der Waals surface area contributed by atoms with Crippen LogP contribution < -0.4 is 0 Å². The fraction of sp³-hybridized carbons (Fsp3) is 0.143. The molecule has 21 heavy (non-hydrogen) atoms. The van der Waals surface area contributed by atoms with Gasteiger partial charge in [0.15, 0.2) is 5.82 Å². The van der Waals surface area contributed by atoms with Gasteiger partial charge in [0.2, 0.25) is 0 Å². The van der Waals surface area contributed by atoms with Crippen molar-refractivity contribution in [3.8, 4) is 17.3 Å². The Hall–Kier alpha value is -2.96. The summed E-state index contributed by atoms with van der Waals surface area (Å²) in [6.45, 7) is 0. The molecule has 7 nitrogen and oxygen atoms in total. The summed E-state index contributed by atoms with van der Waals surface area (Å²) in [5.74, 6) is 1.06. The van der Waals surface area contributed by atoms with Crippen molar-refractivity contribution < 1.29 is 4.79 Å². The molecule has 0 saturated heterocycles. The summed E-state index contributed by atoms with van der Waals surface area (Å²) in [6.07, 6.45) is 5.05. The van der Waals surface area contributed by atoms with E-state index in [4.69, 9.17) is 0 Å². The van der Waals surface area contributed by atoms with E-state index in [9.17, 15) is 4.79 Å². The minimum absolute atomic E-state index is 0.0498. The van der Waals surface area contributed by atoms with E-state index < -0.39 is 0 Å². The molecule has 1 aromatic carbocycles. The topological polar surface area (TPSA) is 79.7 Å². The molecule has 2 heterocycles. The standard InChI is InChI=1S/C14H14N6O/c1-19(2)13(21)11-5-3-4-10(8-11)12-16-14(18-17-12)20-7-6-15-9-20/h3-9H,1-2H3,(H,16,17,18). The molecule has 0 saturated carbocycles. The number of rotatable bonds is 3. The van der Waals surface area contributed by atoms with E-state index in [0.717, 1.165) is 5.56 Å². The maximum atomic E-state index is 12.0. The first-order chi connectivity index (χ1) is 10.1. The second kappa shape index (κ2) is 5.20. The molecular weight excluding hydrogens is 268 g/mol. The van der Waals surface area contributed by atoms with Crippen LogP contribution in [0.4, 0.5) is 0 Å². The Morgan fingerprint density at radius 3 is 2.90 bits per heavy atom. The van der Waals surface area contributed by atoms with Crippen LogP contribution in [0.25, 0.3) is 17.3 Å². The highest BCUT2D eigenvalue weighted by molar-refractivity contribution is 5.94. The van der Waals surface area contributed by atoms with Gasteiger partial charge in [0.25, 0.3) is 11.9 Å². The molecule has 0 spiro atoms. The molecule has 0 fully saturated rings. The molecule has 1 amide bonds. The predicted molar refractivity (Wildman–Crippen MR) is 77.0 cm³/mol. The molecule has 0 unspecified atom stereocenters. The van der Waals surface area contributed by atoms with E-state index in [1.54, 1.807) is 49.5 Å². The van der Waals surface area contributed by atoms with E-state index in [2.05, 4.69) is 20.2 Å². The normalized spacial score (nSPS) is 10.6. The summed E-state index contributed by atoms with van der Waals surface area (Å²) in [6, 6.07) is 7.27. The molecule has 3 aromatic rings. The lowest BCUT2D eigenvalue weighted by molar-refractivity contribution is 0.0827. The monoisotopic (exact) mass is 282 g/mol. The Balaban J connectivity index is 1.94. The van der Waals surface area contributed by atoms with Crippen LogP contribution in [0.15, 0.2) is 43.0 Å². The molecule has 0 aliphatic heterocycles. The average Bonchev–Trinajstić information content (AvgIpc) is 3.17. The third kappa shape index (κ3) is 2.53. The number of nitrogens with one attached hydrogen (secondary N) is 1. The van der Waals surface area contributed by atoms with Gasteiger partial charge in [-0.2, -0.15) is 4.98 Å². The highest BCUT2D eigenvalue weighted by atomic mass is 16.2. The number of carbonyl (C=O) groups is 1. The SMILES string of the molecule is CN(C)C(=O)c1cccc(-c2nc(-n3ccnc3)n[nH]2)c1. The van der Waals surface area contributed by atoms with Gasteiger partial charge in [0.1, 0.15) is 6.33 Å². The first kappa shape index (κ1) is 13.0. The molecule has 106 valence electrons. The maximum Gasteiger partial charge on any atom is 0.254 e. The zero-order valence-corrected chi connectivity index (χ0v) is 11.7. The summed E-state index contributed by atoms with van der Waals surface area (Å²) in [5, 5.41) is 7.01. The van der Waals surface area contributed by atoms with E-state index in [1.165, 1.54) is 4.90 Å². The van der Waals surface area contributed by atoms with Crippen LogP contribution in [-0.4, -0.2) is 49.6 Å². The van der Waals surface area contributed by atoms with Crippen LogP contribution in [0.3, 0.4) is 0 Å². The van der Waals surface area contributed by atoms with Gasteiger partial charge < -0.3 is 4.90 Å². The zero-order valence-electron chi connectivity index (χ0n) is 11.7. The number of amides is 1. The smallest absolute Gasteiger partial charge is 0.254 e. The van der Waals surface area contributed by atoms with Gasteiger partial charge in [0.05, 0.1) is 0 Å². The molecule has 1 N–H and O–H groups in total. The number of nitrogens with zero attached hydrogens (tertiary/aromatic N) is 5. The van der Waals surface area contributed by atoms with Crippen LogP contribution in [0, 0.1) is 0 Å². The Bertz CT molecular complexity index is 759. The van der Waals surface area contributed by atoms with E-state index in [0.29, 0.717) is 17.3 Å². The number of aromatic amines is 1. The molecule has 3 rings (SSSR count). The molecule has 0 radical (unpaired) electrons. The third-order valence-corrected chi connectivity index (χ3v) is 3.00. The predicted octanol–water partition coefficient (Wildman–Crippen LogP) is 1.36. The fourth-order valence-electron chi connectivity index (χ4n) is 1.93. The zero-order chi connectivity index (χ0) is 14.8. The molecule has 0 aliphatic carbocycles. The Labute approximate surface area is 121 Å². The van der Waals surface area contributed by atoms with Crippen molar-refractivity contribution in [2.24, 2.45) is 0 Å². The average molecular weight is 282 g/mol. The van der Waals surface area contributed by atoms with Gasteiger partial charge in [-0.05, 0) is 12.1 Å². The van der Waals surface area contributed by atoms with E-state index in [-0.39, 0.29) is 5.91 Å². The first-order valence-electron chi connectivity index (χ1n) is 6.38. The summed E-state index contributed by atoms with van der Waals surface area (Å²) < 4.78 is 1.70. The second-order valence-corrected chi connectivity index (χ2v) is 4.73. The number of H-pyrrole nitrogens is 1. The Morgan fingerprint density at radius 1 is 1.33 bits per heavy atom. The number of hydrogen-bond acceptors (Lipinski definition) is 4.